The minimum Gasteiger partial charge on any atom is -0.394 e. The molecular weight excluding hydrogens is 185 g/mol. The molecule has 0 aliphatic carbocycles. The van der Waals surface area contributed by atoms with Gasteiger partial charge in [0.1, 0.15) is 0 Å². The third-order valence-corrected chi connectivity index (χ3v) is 2.46. The molecule has 3 nitrogen and oxygen atoms in total. The molecule has 0 aromatic heterocycles. The summed E-state index contributed by atoms with van der Waals surface area (Å²) in [6.07, 6.45) is 1.11. The van der Waals surface area contributed by atoms with Crippen molar-refractivity contribution >= 4 is 24.6 Å². The van der Waals surface area contributed by atoms with Crippen LogP contribution in [0.2, 0.25) is 0 Å². The highest BCUT2D eigenvalue weighted by Gasteiger charge is 2.22. The molecule has 0 aromatic rings. The highest BCUT2D eigenvalue weighted by Crippen LogP contribution is 2.08. The summed E-state index contributed by atoms with van der Waals surface area (Å²) in [5, 5.41) is 11.8. The van der Waals surface area contributed by atoms with Crippen LogP contribution in [0.1, 0.15) is 26.7 Å². The van der Waals surface area contributed by atoms with Gasteiger partial charge in [0, 0.05) is 6.42 Å². The van der Waals surface area contributed by atoms with E-state index in [0.717, 1.165) is 11.6 Å². The molecule has 0 saturated carbocycles. The smallest absolute Gasteiger partial charge is 0.221 e. The van der Waals surface area contributed by atoms with Crippen LogP contribution in [0.15, 0.2) is 0 Å². The number of amides is 1. The lowest BCUT2D eigenvalue weighted by atomic mass is 10.0. The van der Waals surface area contributed by atoms with E-state index in [1.54, 1.807) is 0 Å². The molecule has 1 atom stereocenters. The van der Waals surface area contributed by atoms with Crippen LogP contribution < -0.4 is 5.32 Å². The minimum atomic E-state index is -0.490. The molecule has 2 radical (unpaired) electrons. The fourth-order valence-electron chi connectivity index (χ4n) is 0.790. The van der Waals surface area contributed by atoms with E-state index in [4.69, 9.17) is 12.2 Å². The predicted octanol–water partition coefficient (Wildman–Crippen LogP) is 0.470. The van der Waals surface area contributed by atoms with Crippen LogP contribution in [0, 0.1) is 0 Å². The molecule has 0 aliphatic heterocycles. The van der Waals surface area contributed by atoms with Gasteiger partial charge in [0.05, 0.1) is 12.1 Å². The second-order valence-corrected chi connectivity index (χ2v) is 3.98. The number of rotatable bonds is 6. The van der Waals surface area contributed by atoms with Gasteiger partial charge in [-0.05, 0) is 19.1 Å². The third kappa shape index (κ3) is 5.21. The molecule has 13 heavy (non-hydrogen) atoms. The Morgan fingerprint density at radius 3 is 2.69 bits per heavy atom. The van der Waals surface area contributed by atoms with Crippen molar-refractivity contribution in [1.82, 2.24) is 5.32 Å². The zero-order valence-corrected chi connectivity index (χ0v) is 8.99. The van der Waals surface area contributed by atoms with Crippen molar-refractivity contribution in [3.8, 4) is 0 Å². The minimum absolute atomic E-state index is 0.0367. The van der Waals surface area contributed by atoms with Crippen LogP contribution in [-0.4, -0.2) is 36.0 Å². The third-order valence-electron chi connectivity index (χ3n) is 2.02. The Bertz CT molecular complexity index is 162. The fraction of sp³-hybridized carbons (Fsp3) is 0.875. The molecule has 1 amide bonds. The van der Waals surface area contributed by atoms with Crippen LogP contribution in [0.5, 0.6) is 0 Å². The maximum Gasteiger partial charge on any atom is 0.221 e. The fourth-order valence-corrected chi connectivity index (χ4v) is 1.09. The first-order valence-electron chi connectivity index (χ1n) is 4.31. The van der Waals surface area contributed by atoms with Gasteiger partial charge in [-0.25, -0.2) is 11.6 Å². The molecule has 5 heteroatoms. The molecule has 0 spiro atoms. The summed E-state index contributed by atoms with van der Waals surface area (Å²) >= 11 is 1.15. The average molecular weight is 201 g/mol. The van der Waals surface area contributed by atoms with Crippen LogP contribution in [0.3, 0.4) is 0 Å². The molecular formula is C8H16BNO2S. The SMILES string of the molecule is [B]SCCC(=O)NC(C)(CC)CO. The Hall–Kier alpha value is -0.155. The lowest BCUT2D eigenvalue weighted by molar-refractivity contribution is -0.123. The topological polar surface area (TPSA) is 49.3 Å². The summed E-state index contributed by atoms with van der Waals surface area (Å²) in [5.74, 6) is 0.549. The molecule has 0 bridgehead atoms. The van der Waals surface area contributed by atoms with Gasteiger partial charge in [0.2, 0.25) is 5.91 Å². The van der Waals surface area contributed by atoms with Crippen LogP contribution in [-0.2, 0) is 4.79 Å². The molecule has 0 rings (SSSR count). The highest BCUT2D eigenvalue weighted by molar-refractivity contribution is 8.19. The van der Waals surface area contributed by atoms with Gasteiger partial charge in [-0.15, -0.1) is 0 Å². The van der Waals surface area contributed by atoms with Crippen molar-refractivity contribution < 1.29 is 9.90 Å². The quantitative estimate of drug-likeness (QED) is 0.614. The largest absolute Gasteiger partial charge is 0.394 e. The number of hydrogen-bond acceptors (Lipinski definition) is 3. The monoisotopic (exact) mass is 201 g/mol. The van der Waals surface area contributed by atoms with Crippen molar-refractivity contribution in [2.24, 2.45) is 0 Å². The van der Waals surface area contributed by atoms with Crippen molar-refractivity contribution in [2.45, 2.75) is 32.2 Å². The standard InChI is InChI=1S/C8H16BNO2S/c1-3-8(2,6-11)10-7(12)4-5-13-9/h11H,3-6H2,1-2H3,(H,10,12). The van der Waals surface area contributed by atoms with E-state index < -0.39 is 5.54 Å². The van der Waals surface area contributed by atoms with E-state index in [1.807, 2.05) is 13.8 Å². The van der Waals surface area contributed by atoms with E-state index in [9.17, 15) is 4.79 Å². The summed E-state index contributed by atoms with van der Waals surface area (Å²) in [6.45, 7) is 3.71. The van der Waals surface area contributed by atoms with Crippen LogP contribution in [0.25, 0.3) is 0 Å². The van der Waals surface area contributed by atoms with Gasteiger partial charge in [-0.1, -0.05) is 6.92 Å². The maximum atomic E-state index is 11.2. The lowest BCUT2D eigenvalue weighted by Gasteiger charge is -2.27. The van der Waals surface area contributed by atoms with Crippen molar-refractivity contribution in [1.29, 1.82) is 0 Å². The molecule has 0 aliphatic rings. The summed E-state index contributed by atoms with van der Waals surface area (Å²) in [7, 11) is 5.19. The van der Waals surface area contributed by atoms with E-state index in [1.165, 1.54) is 0 Å². The number of hydrogen-bond donors (Lipinski definition) is 2. The van der Waals surface area contributed by atoms with Gasteiger partial charge in [0.25, 0.3) is 0 Å². The number of nitrogens with one attached hydrogen (secondary N) is 1. The first kappa shape index (κ1) is 12.8. The Balaban J connectivity index is 3.87. The summed E-state index contributed by atoms with van der Waals surface area (Å²) in [4.78, 5) is 11.2. The zero-order valence-electron chi connectivity index (χ0n) is 8.17. The van der Waals surface area contributed by atoms with Gasteiger partial charge in [-0.2, -0.15) is 0 Å². The predicted molar refractivity (Wildman–Crippen MR) is 56.8 cm³/mol. The van der Waals surface area contributed by atoms with E-state index in [2.05, 4.69) is 5.32 Å². The van der Waals surface area contributed by atoms with Crippen molar-refractivity contribution in [2.75, 3.05) is 12.4 Å². The van der Waals surface area contributed by atoms with Crippen molar-refractivity contribution in [3.63, 3.8) is 0 Å². The average Bonchev–Trinajstić information content (AvgIpc) is 2.14. The van der Waals surface area contributed by atoms with E-state index >= 15 is 0 Å². The van der Waals surface area contributed by atoms with Crippen LogP contribution >= 0.6 is 11.6 Å². The lowest BCUT2D eigenvalue weighted by Crippen LogP contribution is -2.48. The van der Waals surface area contributed by atoms with Crippen molar-refractivity contribution in [3.05, 3.63) is 0 Å². The van der Waals surface area contributed by atoms with Gasteiger partial charge < -0.3 is 10.4 Å². The van der Waals surface area contributed by atoms with Crippen LogP contribution in [0.4, 0.5) is 0 Å². The molecule has 1 unspecified atom stereocenters. The zero-order chi connectivity index (χ0) is 10.3. The molecule has 0 saturated heterocycles. The molecule has 0 heterocycles. The molecule has 0 aromatic carbocycles. The number of carbonyl (C=O) groups excluding carboxylic acids is 1. The first-order valence-corrected chi connectivity index (χ1v) is 5.36. The Labute approximate surface area is 85.0 Å². The molecule has 0 fully saturated rings. The normalized spacial score (nSPS) is 15.0. The Morgan fingerprint density at radius 2 is 2.31 bits per heavy atom. The summed E-state index contributed by atoms with van der Waals surface area (Å²) in [6, 6.07) is 0. The highest BCUT2D eigenvalue weighted by atomic mass is 32.2. The van der Waals surface area contributed by atoms with Gasteiger partial charge in [0.15, 0.2) is 7.12 Å². The number of aliphatic hydroxyl groups is 1. The number of aliphatic hydroxyl groups excluding tert-OH is 1. The summed E-state index contributed by atoms with van der Waals surface area (Å²) < 4.78 is 0. The second kappa shape index (κ2) is 6.32. The van der Waals surface area contributed by atoms with E-state index in [-0.39, 0.29) is 12.5 Å². The second-order valence-electron chi connectivity index (χ2n) is 3.24. The molecule has 2 N–H and O–H groups in total. The van der Waals surface area contributed by atoms with Gasteiger partial charge >= 0.3 is 0 Å². The maximum absolute atomic E-state index is 11.2. The Kier molecular flexibility index (Phi) is 6.25. The van der Waals surface area contributed by atoms with E-state index in [0.29, 0.717) is 18.6 Å². The Morgan fingerprint density at radius 1 is 1.69 bits per heavy atom. The molecule has 74 valence electrons. The van der Waals surface area contributed by atoms with Gasteiger partial charge in [-0.3, -0.25) is 4.79 Å². The first-order chi connectivity index (χ1) is 6.08. The number of carbonyl (C=O) groups is 1. The summed E-state index contributed by atoms with van der Waals surface area (Å²) in [5.41, 5.74) is -0.490.